The molecule has 7 rings (SSSR count). The highest BCUT2D eigenvalue weighted by molar-refractivity contribution is 8.93. The number of anilines is 2. The van der Waals surface area contributed by atoms with Gasteiger partial charge in [0, 0.05) is 21.9 Å². The highest BCUT2D eigenvalue weighted by Crippen LogP contribution is 2.32. The number of hydrogen-bond donors (Lipinski definition) is 2. The Morgan fingerprint density at radius 3 is 1.72 bits per heavy atom. The summed E-state index contributed by atoms with van der Waals surface area (Å²) in [5.41, 5.74) is 10.5. The number of nitrogens with one attached hydrogen (secondary N) is 1. The van der Waals surface area contributed by atoms with Crippen LogP contribution in [0.15, 0.2) is 125 Å². The van der Waals surface area contributed by atoms with Crippen molar-refractivity contribution in [1.29, 1.82) is 0 Å². The quantitative estimate of drug-likeness (QED) is 0.188. The van der Waals surface area contributed by atoms with Crippen LogP contribution in [-0.4, -0.2) is 18.4 Å². The number of rotatable bonds is 5. The third-order valence-corrected chi connectivity index (χ3v) is 9.63. The first-order chi connectivity index (χ1) is 20.4. The maximum atomic E-state index is 12.5. The van der Waals surface area contributed by atoms with E-state index in [0.717, 1.165) is 38.9 Å². The van der Waals surface area contributed by atoms with E-state index in [9.17, 15) is 8.42 Å². The Labute approximate surface area is 268 Å². The molecule has 0 fully saturated rings. The minimum Gasteiger partial charge on any atom is -0.375 e. The van der Waals surface area contributed by atoms with Gasteiger partial charge in [-0.25, -0.2) is 18.4 Å². The van der Waals surface area contributed by atoms with Crippen LogP contribution in [0.3, 0.4) is 0 Å². The van der Waals surface area contributed by atoms with Crippen molar-refractivity contribution in [2.75, 3.05) is 10.5 Å². The molecular formula is C33H27BrN4O2S3. The lowest BCUT2D eigenvalue weighted by molar-refractivity contribution is 0.601. The molecule has 5 aromatic carbocycles. The molecule has 0 atom stereocenters. The number of aryl methyl sites for hydroxylation is 1. The summed E-state index contributed by atoms with van der Waals surface area (Å²) in [7, 11) is -3.64. The van der Waals surface area contributed by atoms with Crippen LogP contribution in [0.2, 0.25) is 0 Å². The average molecular weight is 688 g/mol. The van der Waals surface area contributed by atoms with E-state index in [-0.39, 0.29) is 21.9 Å². The van der Waals surface area contributed by atoms with Gasteiger partial charge in [-0.2, -0.15) is 0 Å². The lowest BCUT2D eigenvalue weighted by Gasteiger charge is -2.06. The summed E-state index contributed by atoms with van der Waals surface area (Å²) < 4.78 is 27.6. The molecule has 2 heterocycles. The van der Waals surface area contributed by atoms with Gasteiger partial charge in [0.25, 0.3) is 10.0 Å². The summed E-state index contributed by atoms with van der Waals surface area (Å²) in [6.45, 7) is 1.92. The van der Waals surface area contributed by atoms with Crippen LogP contribution in [0.1, 0.15) is 5.56 Å². The molecule has 0 bridgehead atoms. The summed E-state index contributed by atoms with van der Waals surface area (Å²) in [5, 5.41) is 9.50. The Hall–Kier alpha value is -4.09. The van der Waals surface area contributed by atoms with Crippen LogP contribution >= 0.6 is 39.7 Å². The van der Waals surface area contributed by atoms with Crippen LogP contribution in [-0.2, 0) is 10.0 Å². The van der Waals surface area contributed by atoms with Crippen molar-refractivity contribution in [3.8, 4) is 22.5 Å². The zero-order chi connectivity index (χ0) is 29.1. The smallest absolute Gasteiger partial charge is 0.263 e. The minimum absolute atomic E-state index is 0. The molecule has 0 aliphatic carbocycles. The molecule has 2 aromatic heterocycles. The van der Waals surface area contributed by atoms with Gasteiger partial charge in [-0.3, -0.25) is 4.72 Å². The maximum absolute atomic E-state index is 12.5. The Morgan fingerprint density at radius 2 is 1.16 bits per heavy atom. The fourth-order valence-electron chi connectivity index (χ4n) is 4.64. The van der Waals surface area contributed by atoms with Crippen LogP contribution in [0.5, 0.6) is 0 Å². The second-order valence-electron chi connectivity index (χ2n) is 9.58. The summed E-state index contributed by atoms with van der Waals surface area (Å²) in [6, 6.07) is 35.4. The first-order valence-corrected chi connectivity index (χ1v) is 16.3. The number of fused-ring (bicyclic) bond motifs is 2. The lowest BCUT2D eigenvalue weighted by atomic mass is 10.0. The number of aromatic nitrogens is 2. The molecular weight excluding hydrogens is 660 g/mol. The van der Waals surface area contributed by atoms with Crippen molar-refractivity contribution in [2.45, 2.75) is 11.8 Å². The minimum atomic E-state index is -3.64. The van der Waals surface area contributed by atoms with E-state index in [4.69, 9.17) is 5.73 Å². The first-order valence-electron chi connectivity index (χ1n) is 13.1. The van der Waals surface area contributed by atoms with Gasteiger partial charge in [-0.1, -0.05) is 103 Å². The number of thiazole rings is 2. The van der Waals surface area contributed by atoms with Gasteiger partial charge >= 0.3 is 0 Å². The van der Waals surface area contributed by atoms with Gasteiger partial charge in [0.1, 0.15) is 0 Å². The van der Waals surface area contributed by atoms with Crippen molar-refractivity contribution in [3.63, 3.8) is 0 Å². The van der Waals surface area contributed by atoms with E-state index >= 15 is 0 Å². The number of nitrogen functional groups attached to an aromatic ring is 1. The Morgan fingerprint density at radius 1 is 0.651 bits per heavy atom. The SMILES string of the molecule is Br.Cc1ccc(S(=O)(=O)Nc2nc(-c3cccc4ccccc34)cs2)cc1.Nc1nc(-c2cccc3ccccc23)cs1. The van der Waals surface area contributed by atoms with E-state index in [1.54, 1.807) is 24.3 Å². The highest BCUT2D eigenvalue weighted by Gasteiger charge is 2.17. The topological polar surface area (TPSA) is 98.0 Å². The largest absolute Gasteiger partial charge is 0.375 e. The normalized spacial score (nSPS) is 11.0. The van der Waals surface area contributed by atoms with Gasteiger partial charge in [-0.15, -0.1) is 39.7 Å². The average Bonchev–Trinajstić information content (AvgIpc) is 3.65. The van der Waals surface area contributed by atoms with Crippen LogP contribution in [0, 0.1) is 6.92 Å². The van der Waals surface area contributed by atoms with Crippen LogP contribution in [0.4, 0.5) is 10.3 Å². The summed E-state index contributed by atoms with van der Waals surface area (Å²) in [6.07, 6.45) is 0. The second kappa shape index (κ2) is 13.0. The molecule has 3 N–H and O–H groups in total. The predicted molar refractivity (Wildman–Crippen MR) is 187 cm³/mol. The maximum Gasteiger partial charge on any atom is 0.263 e. The first kappa shape index (κ1) is 30.4. The van der Waals surface area contributed by atoms with Crippen LogP contribution in [0.25, 0.3) is 44.1 Å². The number of nitrogens with two attached hydrogens (primary N) is 1. The van der Waals surface area contributed by atoms with Crippen molar-refractivity contribution in [2.24, 2.45) is 0 Å². The molecule has 0 aliphatic heterocycles. The van der Waals surface area contributed by atoms with Crippen molar-refractivity contribution in [3.05, 3.63) is 126 Å². The molecule has 6 nitrogen and oxygen atoms in total. The van der Waals surface area contributed by atoms with Crippen molar-refractivity contribution < 1.29 is 8.42 Å². The van der Waals surface area contributed by atoms with Crippen molar-refractivity contribution in [1.82, 2.24) is 9.97 Å². The zero-order valence-electron chi connectivity index (χ0n) is 23.0. The summed E-state index contributed by atoms with van der Waals surface area (Å²) in [5.74, 6) is 0. The third kappa shape index (κ3) is 6.78. The van der Waals surface area contributed by atoms with Gasteiger partial charge < -0.3 is 5.73 Å². The lowest BCUT2D eigenvalue weighted by Crippen LogP contribution is -2.12. The highest BCUT2D eigenvalue weighted by atomic mass is 79.9. The van der Waals surface area contributed by atoms with E-state index < -0.39 is 10.0 Å². The van der Waals surface area contributed by atoms with Gasteiger partial charge in [0.15, 0.2) is 10.3 Å². The molecule has 0 saturated carbocycles. The van der Waals surface area contributed by atoms with Crippen LogP contribution < -0.4 is 10.5 Å². The predicted octanol–water partition coefficient (Wildman–Crippen LogP) is 9.20. The standard InChI is InChI=1S/C20H16N2O2S2.C13H10N2S.BrH/c1-14-9-11-16(12-10-14)26(23,24)22-20-21-19(13-25-20)18-8-4-6-15-5-2-3-7-17(15)18;14-13-15-12(8-16-13)11-7-3-5-9-4-1-2-6-10(9)11;/h2-13H,1H3,(H,21,22);1-8H,(H2,14,15);1H. The monoisotopic (exact) mass is 686 g/mol. The Balaban J connectivity index is 0.000000186. The Bertz CT molecular complexity index is 2110. The number of halogens is 1. The molecule has 0 aliphatic rings. The van der Waals surface area contributed by atoms with E-state index in [1.165, 1.54) is 33.4 Å². The molecule has 10 heteroatoms. The van der Waals surface area contributed by atoms with Gasteiger partial charge in [-0.05, 0) is 40.6 Å². The molecule has 0 unspecified atom stereocenters. The number of hydrogen-bond acceptors (Lipinski definition) is 7. The molecule has 7 aromatic rings. The van der Waals surface area contributed by atoms with Crippen molar-refractivity contribution >= 4 is 81.5 Å². The molecule has 0 amide bonds. The second-order valence-corrected chi connectivity index (χ2v) is 13.0. The summed E-state index contributed by atoms with van der Waals surface area (Å²) in [4.78, 5) is 9.04. The molecule has 216 valence electrons. The molecule has 0 spiro atoms. The number of nitrogens with zero attached hydrogens (tertiary/aromatic N) is 2. The Kier molecular flexibility index (Phi) is 9.22. The summed E-state index contributed by atoms with van der Waals surface area (Å²) >= 11 is 2.75. The van der Waals surface area contributed by atoms with E-state index in [0.29, 0.717) is 10.3 Å². The number of benzene rings is 5. The fraction of sp³-hybridized carbons (Fsp3) is 0.0303. The zero-order valence-corrected chi connectivity index (χ0v) is 27.1. The van der Waals surface area contributed by atoms with Gasteiger partial charge in [0.05, 0.1) is 16.3 Å². The van der Waals surface area contributed by atoms with E-state index in [2.05, 4.69) is 39.0 Å². The third-order valence-electron chi connectivity index (χ3n) is 6.71. The molecule has 0 saturated heterocycles. The fourth-order valence-corrected chi connectivity index (χ4v) is 7.17. The van der Waals surface area contributed by atoms with E-state index in [1.807, 2.05) is 78.3 Å². The van der Waals surface area contributed by atoms with Gasteiger partial charge in [0.2, 0.25) is 0 Å². The molecule has 0 radical (unpaired) electrons. The number of sulfonamides is 1. The molecule has 43 heavy (non-hydrogen) atoms.